The Morgan fingerprint density at radius 3 is 1.94 bits per heavy atom. The van der Waals surface area contributed by atoms with Gasteiger partial charge in [0, 0.05) is 51.9 Å². The minimum absolute atomic E-state index is 0.0193. The van der Waals surface area contributed by atoms with E-state index in [2.05, 4.69) is 32.1 Å². The molecular weight excluding hydrogens is 797 g/mol. The molecule has 7 aliphatic rings. The van der Waals surface area contributed by atoms with Crippen molar-refractivity contribution in [2.45, 2.75) is 204 Å². The van der Waals surface area contributed by atoms with Crippen LogP contribution in [-0.2, 0) is 58.8 Å². The lowest BCUT2D eigenvalue weighted by molar-refractivity contribution is -0.338. The van der Waals surface area contributed by atoms with Crippen molar-refractivity contribution in [3.63, 3.8) is 0 Å². The van der Waals surface area contributed by atoms with E-state index in [-0.39, 0.29) is 71.7 Å². The predicted molar refractivity (Wildman–Crippen MR) is 228 cm³/mol. The van der Waals surface area contributed by atoms with Gasteiger partial charge < -0.3 is 57.6 Å². The highest BCUT2D eigenvalue weighted by atomic mass is 16.7. The summed E-state index contributed by atoms with van der Waals surface area (Å²) < 4.78 is 63.1. The molecule has 0 bridgehead atoms. The van der Waals surface area contributed by atoms with Crippen LogP contribution in [0.5, 0.6) is 0 Å². The van der Waals surface area contributed by atoms with Crippen molar-refractivity contribution in [1.29, 1.82) is 0 Å². The Bertz CT molecular complexity index is 1710. The second kappa shape index (κ2) is 18.8. The summed E-state index contributed by atoms with van der Waals surface area (Å²) in [6.45, 7) is 12.4. The number of aliphatic hydroxyl groups excluding tert-OH is 1. The first-order chi connectivity index (χ1) is 29.6. The molecule has 6 fully saturated rings. The van der Waals surface area contributed by atoms with Gasteiger partial charge in [0.05, 0.1) is 61.0 Å². The number of ether oxygens (including phenoxy) is 10. The second-order valence-electron chi connectivity index (χ2n) is 20.1. The molecule has 0 unspecified atom stereocenters. The van der Waals surface area contributed by atoms with E-state index in [0.717, 1.165) is 37.7 Å². The number of Topliss-reactive ketones (excluding diaryl/α,β-unsaturated/α-hetero) is 1. The van der Waals surface area contributed by atoms with Crippen molar-refractivity contribution in [2.24, 2.45) is 28.6 Å². The molecule has 62 heavy (non-hydrogen) atoms. The average Bonchev–Trinajstić information content (AvgIpc) is 3.54. The Morgan fingerprint density at radius 2 is 1.34 bits per heavy atom. The fourth-order valence-electron chi connectivity index (χ4n) is 13.2. The van der Waals surface area contributed by atoms with Crippen molar-refractivity contribution >= 4 is 5.78 Å². The highest BCUT2D eigenvalue weighted by Gasteiger charge is 2.71. The average molecular weight is 871 g/mol. The van der Waals surface area contributed by atoms with Crippen molar-refractivity contribution in [3.8, 4) is 0 Å². The molecule has 8 rings (SSSR count). The van der Waals surface area contributed by atoms with Gasteiger partial charge in [-0.1, -0.05) is 55.8 Å². The minimum Gasteiger partial charge on any atom is -0.389 e. The number of hydrogen-bond acceptors (Lipinski definition) is 13. The third-order valence-corrected chi connectivity index (χ3v) is 16.9. The molecule has 4 aliphatic carbocycles. The summed E-state index contributed by atoms with van der Waals surface area (Å²) in [5, 5.41) is 23.3. The van der Waals surface area contributed by atoms with Gasteiger partial charge in [0.15, 0.2) is 18.9 Å². The van der Waals surface area contributed by atoms with Crippen LogP contribution in [0.15, 0.2) is 42.0 Å². The van der Waals surface area contributed by atoms with Gasteiger partial charge in [-0.05, 0) is 95.5 Å². The van der Waals surface area contributed by atoms with Crippen molar-refractivity contribution < 1.29 is 62.4 Å². The van der Waals surface area contributed by atoms with Gasteiger partial charge in [0.25, 0.3) is 0 Å². The highest BCUT2D eigenvalue weighted by molar-refractivity contribution is 5.80. The van der Waals surface area contributed by atoms with Crippen LogP contribution in [0.25, 0.3) is 0 Å². The molecule has 0 spiro atoms. The van der Waals surface area contributed by atoms with Gasteiger partial charge in [-0.25, -0.2) is 0 Å². The first kappa shape index (κ1) is 46.7. The standard InChI is InChI=1S/C49H74O13/c1-27(50)34-18-20-49(52)35-16-15-32-21-33(17-19-47(32,5)36(35)22-40(48(34,49)6)56-26-31-13-11-10-12-14-31)60-41-24-38(54-8)45(29(3)58-41)62-43-25-39(55-9)46(30(4)59-43)61-42-23-37(53-7)44(51)28(2)57-42/h10-15,28-30,33-46,51-52H,16-26H2,1-9H3/t28-,29-,30-,33+,34+,35-,36+,37-,38+,39-,40-,41+,42+,43+,44-,45-,46-,47+,48+,49+/m1/s1. The van der Waals surface area contributed by atoms with Crippen LogP contribution in [0.2, 0.25) is 0 Å². The maximum Gasteiger partial charge on any atom is 0.161 e. The minimum atomic E-state index is -0.991. The molecule has 348 valence electrons. The predicted octanol–water partition coefficient (Wildman–Crippen LogP) is 6.43. The Hall–Kier alpha value is -1.85. The van der Waals surface area contributed by atoms with E-state index < -0.39 is 54.3 Å². The van der Waals surface area contributed by atoms with Gasteiger partial charge in [0.1, 0.15) is 24.1 Å². The van der Waals surface area contributed by atoms with Crippen LogP contribution in [0.1, 0.15) is 111 Å². The first-order valence-corrected chi connectivity index (χ1v) is 23.4. The quantitative estimate of drug-likeness (QED) is 0.210. The van der Waals surface area contributed by atoms with E-state index in [1.165, 1.54) is 5.57 Å². The SMILES string of the molecule is CO[C@H]1C[C@H](O[C@H]2CC[C@@]3(C)C(=CC[C@@H]4[C@@H]3C[C@@H](OCc3ccccc3)[C@]3(C)[C@H](C(C)=O)CC[C@]43O)C2)O[C@H](C)[C@H]1O[C@H]1C[C@@H](OC)[C@H](O[C@H]2C[C@@H](OC)[C@H](O)[C@@H](C)O2)[C@@H](C)O1. The summed E-state index contributed by atoms with van der Waals surface area (Å²) in [4.78, 5) is 13.2. The largest absolute Gasteiger partial charge is 0.389 e. The van der Waals surface area contributed by atoms with E-state index in [9.17, 15) is 15.0 Å². The Balaban J connectivity index is 0.891. The van der Waals surface area contributed by atoms with Crippen molar-refractivity contribution in [3.05, 3.63) is 47.5 Å². The number of allylic oxidation sites excluding steroid dienone is 1. The van der Waals surface area contributed by atoms with Gasteiger partial charge in [0.2, 0.25) is 0 Å². The third-order valence-electron chi connectivity index (χ3n) is 16.9. The molecule has 2 N–H and O–H groups in total. The number of hydrogen-bond donors (Lipinski definition) is 2. The lowest BCUT2D eigenvalue weighted by Crippen LogP contribution is -2.66. The smallest absolute Gasteiger partial charge is 0.161 e. The Morgan fingerprint density at radius 1 is 0.758 bits per heavy atom. The van der Waals surface area contributed by atoms with Crippen LogP contribution in [0, 0.1) is 28.6 Å². The summed E-state index contributed by atoms with van der Waals surface area (Å²) in [6.07, 6.45) is 3.74. The summed E-state index contributed by atoms with van der Waals surface area (Å²) in [5.74, 6) is 0.208. The summed E-state index contributed by atoms with van der Waals surface area (Å²) >= 11 is 0. The molecule has 0 amide bonds. The normalized spacial score (nSPS) is 48.1. The lowest BCUT2D eigenvalue weighted by atomic mass is 9.45. The number of carbonyl (C=O) groups is 1. The molecule has 0 radical (unpaired) electrons. The van der Waals surface area contributed by atoms with Gasteiger partial charge >= 0.3 is 0 Å². The van der Waals surface area contributed by atoms with E-state index in [1.54, 1.807) is 28.3 Å². The molecule has 13 nitrogen and oxygen atoms in total. The number of methoxy groups -OCH3 is 3. The monoisotopic (exact) mass is 871 g/mol. The van der Waals surface area contributed by atoms with Gasteiger partial charge in [-0.2, -0.15) is 0 Å². The van der Waals surface area contributed by atoms with Gasteiger partial charge in [-0.15, -0.1) is 0 Å². The fraction of sp³-hybridized carbons (Fsp3) is 0.816. The van der Waals surface area contributed by atoms with Crippen LogP contribution in [0.4, 0.5) is 0 Å². The number of carbonyl (C=O) groups excluding carboxylic acids is 1. The molecule has 20 atom stereocenters. The Kier molecular flexibility index (Phi) is 14.2. The zero-order valence-electron chi connectivity index (χ0n) is 38.4. The Labute approximate surface area is 368 Å². The number of benzene rings is 1. The first-order valence-electron chi connectivity index (χ1n) is 23.4. The second-order valence-corrected chi connectivity index (χ2v) is 20.1. The molecule has 3 saturated heterocycles. The number of aliphatic hydroxyl groups is 2. The van der Waals surface area contributed by atoms with Crippen LogP contribution < -0.4 is 0 Å². The molecule has 3 heterocycles. The number of rotatable bonds is 13. The van der Waals surface area contributed by atoms with Crippen LogP contribution >= 0.6 is 0 Å². The van der Waals surface area contributed by atoms with Gasteiger partial charge in [-0.3, -0.25) is 4.79 Å². The molecule has 13 heteroatoms. The number of ketones is 1. The maximum atomic E-state index is 13.2. The zero-order chi connectivity index (χ0) is 44.1. The molecule has 0 aromatic heterocycles. The zero-order valence-corrected chi connectivity index (χ0v) is 38.4. The van der Waals surface area contributed by atoms with E-state index in [4.69, 9.17) is 47.4 Å². The summed E-state index contributed by atoms with van der Waals surface area (Å²) in [5.41, 5.74) is 0.737. The van der Waals surface area contributed by atoms with Crippen LogP contribution in [0.3, 0.4) is 0 Å². The molecule has 1 aromatic rings. The van der Waals surface area contributed by atoms with E-state index >= 15 is 0 Å². The van der Waals surface area contributed by atoms with Crippen molar-refractivity contribution in [1.82, 2.24) is 0 Å². The number of fused-ring (bicyclic) bond motifs is 5. The maximum absolute atomic E-state index is 13.2. The van der Waals surface area contributed by atoms with E-state index in [1.807, 2.05) is 39.0 Å². The molecule has 1 aromatic carbocycles. The summed E-state index contributed by atoms with van der Waals surface area (Å²) in [6, 6.07) is 10.2. The topological polar surface area (TPSA) is 150 Å². The van der Waals surface area contributed by atoms with Crippen molar-refractivity contribution in [2.75, 3.05) is 21.3 Å². The highest BCUT2D eigenvalue weighted by Crippen LogP contribution is 2.68. The molecular formula is C49H74O13. The summed E-state index contributed by atoms with van der Waals surface area (Å²) in [7, 11) is 4.95. The van der Waals surface area contributed by atoms with Crippen LogP contribution in [-0.4, -0.2) is 129 Å². The lowest BCUT2D eigenvalue weighted by Gasteiger charge is -2.63. The van der Waals surface area contributed by atoms with E-state index in [0.29, 0.717) is 38.7 Å². The molecule has 3 saturated carbocycles. The third kappa shape index (κ3) is 8.54. The fourth-order valence-corrected chi connectivity index (χ4v) is 13.2. The molecule has 3 aliphatic heterocycles.